The zero-order valence-corrected chi connectivity index (χ0v) is 13.9. The van der Waals surface area contributed by atoms with Crippen LogP contribution in [0.5, 0.6) is 5.75 Å². The van der Waals surface area contributed by atoms with Crippen molar-refractivity contribution < 1.29 is 9.66 Å². The van der Waals surface area contributed by atoms with Crippen LogP contribution in [-0.4, -0.2) is 31.1 Å². The molecular formula is C15H15N5O3S. The third-order valence-corrected chi connectivity index (χ3v) is 4.50. The van der Waals surface area contributed by atoms with Gasteiger partial charge in [-0.15, -0.1) is 0 Å². The Labute approximate surface area is 142 Å². The van der Waals surface area contributed by atoms with Crippen LogP contribution in [0.4, 0.5) is 5.82 Å². The molecule has 1 aromatic carbocycles. The molecule has 0 bridgehead atoms. The van der Waals surface area contributed by atoms with Crippen LogP contribution in [0.3, 0.4) is 0 Å². The molecule has 0 aliphatic carbocycles. The molecule has 0 N–H and O–H groups in total. The molecule has 0 aliphatic heterocycles. The average Bonchev–Trinajstić information content (AvgIpc) is 3.19. The second-order valence-electron chi connectivity index (χ2n) is 4.92. The van der Waals surface area contributed by atoms with Crippen LogP contribution in [0.15, 0.2) is 48.0 Å². The zero-order valence-electron chi connectivity index (χ0n) is 13.1. The summed E-state index contributed by atoms with van der Waals surface area (Å²) in [7, 11) is 3.26. The lowest BCUT2D eigenvalue weighted by Crippen LogP contribution is -2.02. The number of imidazole rings is 2. The highest BCUT2D eigenvalue weighted by Crippen LogP contribution is 2.25. The summed E-state index contributed by atoms with van der Waals surface area (Å²) < 4.78 is 8.59. The summed E-state index contributed by atoms with van der Waals surface area (Å²) in [6, 6.07) is 7.64. The maximum atomic E-state index is 10.9. The molecule has 8 nitrogen and oxygen atoms in total. The standard InChI is InChI=1S/C15H15N5O3S/c1-18-13(17-9-14(18)20(21)22)10-24-15-16-7-8-19(15)11-3-5-12(23-2)6-4-11/h3-9H,10H2,1-2H3. The van der Waals surface area contributed by atoms with Gasteiger partial charge in [0.15, 0.2) is 5.16 Å². The molecule has 0 unspecified atom stereocenters. The number of benzene rings is 1. The van der Waals surface area contributed by atoms with E-state index in [-0.39, 0.29) is 5.82 Å². The van der Waals surface area contributed by atoms with E-state index in [2.05, 4.69) is 9.97 Å². The molecule has 0 saturated heterocycles. The first kappa shape index (κ1) is 16.1. The molecular weight excluding hydrogens is 330 g/mol. The van der Waals surface area contributed by atoms with Gasteiger partial charge in [0.1, 0.15) is 11.9 Å². The first-order valence-electron chi connectivity index (χ1n) is 7.05. The van der Waals surface area contributed by atoms with Gasteiger partial charge in [0.2, 0.25) is 5.82 Å². The summed E-state index contributed by atoms with van der Waals surface area (Å²) in [5.74, 6) is 1.87. The lowest BCUT2D eigenvalue weighted by molar-refractivity contribution is -0.391. The number of hydrogen-bond donors (Lipinski definition) is 0. The normalized spacial score (nSPS) is 10.8. The number of ether oxygens (including phenoxy) is 1. The van der Waals surface area contributed by atoms with E-state index in [1.165, 1.54) is 22.5 Å². The van der Waals surface area contributed by atoms with Gasteiger partial charge in [0, 0.05) is 18.1 Å². The van der Waals surface area contributed by atoms with Crippen LogP contribution in [0.2, 0.25) is 0 Å². The number of methoxy groups -OCH3 is 1. The minimum atomic E-state index is -0.445. The molecule has 0 spiro atoms. The van der Waals surface area contributed by atoms with Crippen molar-refractivity contribution in [2.75, 3.05) is 7.11 Å². The fourth-order valence-corrected chi connectivity index (χ4v) is 3.17. The highest BCUT2D eigenvalue weighted by Gasteiger charge is 2.17. The first-order valence-corrected chi connectivity index (χ1v) is 8.04. The Hall–Kier alpha value is -2.81. The second kappa shape index (κ2) is 6.75. The highest BCUT2D eigenvalue weighted by molar-refractivity contribution is 7.98. The Kier molecular flexibility index (Phi) is 4.52. The molecule has 0 fully saturated rings. The number of rotatable bonds is 6. The largest absolute Gasteiger partial charge is 0.497 e. The van der Waals surface area contributed by atoms with E-state index in [0.717, 1.165) is 16.6 Å². The molecule has 0 aliphatic rings. The van der Waals surface area contributed by atoms with Crippen molar-refractivity contribution >= 4 is 17.6 Å². The molecule has 0 saturated carbocycles. The Balaban J connectivity index is 1.77. The van der Waals surface area contributed by atoms with Crippen LogP contribution in [0, 0.1) is 10.1 Å². The fraction of sp³-hybridized carbons (Fsp3) is 0.200. The molecule has 0 radical (unpaired) electrons. The Morgan fingerprint density at radius 2 is 2.04 bits per heavy atom. The smallest absolute Gasteiger partial charge is 0.342 e. The molecule has 24 heavy (non-hydrogen) atoms. The Morgan fingerprint density at radius 3 is 2.67 bits per heavy atom. The maximum Gasteiger partial charge on any atom is 0.342 e. The van der Waals surface area contributed by atoms with E-state index in [1.807, 2.05) is 35.0 Å². The van der Waals surface area contributed by atoms with Gasteiger partial charge < -0.3 is 14.9 Å². The summed E-state index contributed by atoms with van der Waals surface area (Å²) in [5.41, 5.74) is 0.960. The zero-order chi connectivity index (χ0) is 17.1. The van der Waals surface area contributed by atoms with Crippen molar-refractivity contribution in [1.82, 2.24) is 19.1 Å². The molecule has 3 aromatic rings. The number of nitro groups is 1. The van der Waals surface area contributed by atoms with Crippen LogP contribution in [0.1, 0.15) is 5.82 Å². The van der Waals surface area contributed by atoms with Crippen molar-refractivity contribution in [3.05, 3.63) is 58.8 Å². The monoisotopic (exact) mass is 345 g/mol. The quantitative estimate of drug-likeness (QED) is 0.388. The molecule has 2 aromatic heterocycles. The highest BCUT2D eigenvalue weighted by atomic mass is 32.2. The number of thioether (sulfide) groups is 1. The number of nitrogens with zero attached hydrogens (tertiary/aromatic N) is 5. The molecule has 9 heteroatoms. The molecule has 2 heterocycles. The lowest BCUT2D eigenvalue weighted by atomic mass is 10.3. The summed E-state index contributed by atoms with van der Waals surface area (Å²) in [6.45, 7) is 0. The van der Waals surface area contributed by atoms with E-state index in [1.54, 1.807) is 20.4 Å². The van der Waals surface area contributed by atoms with E-state index < -0.39 is 4.92 Å². The summed E-state index contributed by atoms with van der Waals surface area (Å²) in [4.78, 5) is 18.9. The lowest BCUT2D eigenvalue weighted by Gasteiger charge is -2.08. The van der Waals surface area contributed by atoms with Crippen molar-refractivity contribution in [2.45, 2.75) is 10.9 Å². The SMILES string of the molecule is COc1ccc(-n2ccnc2SCc2ncc([N+](=O)[O-])n2C)cc1. The van der Waals surface area contributed by atoms with Gasteiger partial charge >= 0.3 is 5.82 Å². The minimum absolute atomic E-state index is 0.0240. The Morgan fingerprint density at radius 1 is 1.29 bits per heavy atom. The first-order chi connectivity index (χ1) is 11.6. The van der Waals surface area contributed by atoms with Gasteiger partial charge in [-0.25, -0.2) is 14.5 Å². The fourth-order valence-electron chi connectivity index (χ4n) is 2.21. The van der Waals surface area contributed by atoms with Gasteiger partial charge in [-0.2, -0.15) is 0 Å². The molecule has 0 atom stereocenters. The van der Waals surface area contributed by atoms with Crippen molar-refractivity contribution in [3.63, 3.8) is 0 Å². The van der Waals surface area contributed by atoms with E-state index >= 15 is 0 Å². The second-order valence-corrected chi connectivity index (χ2v) is 5.86. The third-order valence-electron chi connectivity index (χ3n) is 3.53. The van der Waals surface area contributed by atoms with E-state index in [9.17, 15) is 10.1 Å². The molecule has 3 rings (SSSR count). The molecule has 0 amide bonds. The topological polar surface area (TPSA) is 88.0 Å². The maximum absolute atomic E-state index is 10.9. The number of hydrogen-bond acceptors (Lipinski definition) is 6. The van der Waals surface area contributed by atoms with Crippen molar-refractivity contribution in [1.29, 1.82) is 0 Å². The predicted octanol–water partition coefficient (Wildman–Crippen LogP) is 2.81. The van der Waals surface area contributed by atoms with Crippen LogP contribution in [-0.2, 0) is 12.8 Å². The van der Waals surface area contributed by atoms with Gasteiger partial charge in [-0.1, -0.05) is 11.8 Å². The number of aromatic nitrogens is 4. The van der Waals surface area contributed by atoms with Crippen molar-refractivity contribution in [2.24, 2.45) is 7.05 Å². The van der Waals surface area contributed by atoms with Gasteiger partial charge in [0.05, 0.1) is 19.9 Å². The van der Waals surface area contributed by atoms with Gasteiger partial charge in [-0.05, 0) is 29.2 Å². The summed E-state index contributed by atoms with van der Waals surface area (Å²) >= 11 is 1.47. The molecule has 124 valence electrons. The van der Waals surface area contributed by atoms with Crippen molar-refractivity contribution in [3.8, 4) is 11.4 Å². The van der Waals surface area contributed by atoms with Crippen LogP contribution in [0.25, 0.3) is 5.69 Å². The average molecular weight is 345 g/mol. The van der Waals surface area contributed by atoms with Crippen LogP contribution < -0.4 is 4.74 Å². The van der Waals surface area contributed by atoms with Gasteiger partial charge in [-0.3, -0.25) is 4.57 Å². The third kappa shape index (κ3) is 3.11. The summed E-state index contributed by atoms with van der Waals surface area (Å²) in [5, 5.41) is 11.7. The van der Waals surface area contributed by atoms with E-state index in [0.29, 0.717) is 11.6 Å². The predicted molar refractivity (Wildman–Crippen MR) is 89.5 cm³/mol. The van der Waals surface area contributed by atoms with Crippen LogP contribution >= 0.6 is 11.8 Å². The summed E-state index contributed by atoms with van der Waals surface area (Å²) in [6.07, 6.45) is 4.85. The Bertz CT molecular complexity index is 856. The van der Waals surface area contributed by atoms with Gasteiger partial charge in [0.25, 0.3) is 0 Å². The van der Waals surface area contributed by atoms with E-state index in [4.69, 9.17) is 4.74 Å². The minimum Gasteiger partial charge on any atom is -0.497 e.